The summed E-state index contributed by atoms with van der Waals surface area (Å²) in [5.74, 6) is 0.680. The Hall–Kier alpha value is -3.16. The molecule has 7 nitrogen and oxygen atoms in total. The van der Waals surface area contributed by atoms with Crippen LogP contribution in [0.15, 0.2) is 41.4 Å². The van der Waals surface area contributed by atoms with E-state index >= 15 is 0 Å². The van der Waals surface area contributed by atoms with E-state index in [4.69, 9.17) is 15.0 Å². The van der Waals surface area contributed by atoms with Crippen LogP contribution in [0.5, 0.6) is 5.75 Å². The smallest absolute Gasteiger partial charge is 0.221 e. The van der Waals surface area contributed by atoms with Gasteiger partial charge in [-0.3, -0.25) is 0 Å². The number of ether oxygens (including phenoxy) is 1. The van der Waals surface area contributed by atoms with Gasteiger partial charge in [0.05, 0.1) is 12.8 Å². The molecule has 3 rings (SSSR count). The van der Waals surface area contributed by atoms with Gasteiger partial charge in [0.1, 0.15) is 23.6 Å². The second-order valence-electron chi connectivity index (χ2n) is 4.95. The molecule has 2 aromatic heterocycles. The maximum Gasteiger partial charge on any atom is 0.221 e. The third kappa shape index (κ3) is 3.43. The second-order valence-corrected chi connectivity index (χ2v) is 4.95. The molecule has 0 unspecified atom stereocenters. The minimum atomic E-state index is -0.377. The lowest BCUT2D eigenvalue weighted by Crippen LogP contribution is -2.06. The number of aromatic nitrogens is 3. The maximum atomic E-state index is 13.5. The number of nitrogen functional groups attached to an aromatic ring is 1. The van der Waals surface area contributed by atoms with Gasteiger partial charge in [0.15, 0.2) is 0 Å². The van der Waals surface area contributed by atoms with Crippen LogP contribution in [0.1, 0.15) is 12.5 Å². The van der Waals surface area contributed by atoms with Crippen LogP contribution in [0.3, 0.4) is 0 Å². The summed E-state index contributed by atoms with van der Waals surface area (Å²) in [6, 6.07) is 4.32. The normalized spacial score (nSPS) is 10.6. The van der Waals surface area contributed by atoms with Crippen molar-refractivity contribution in [2.45, 2.75) is 13.5 Å². The molecule has 0 aliphatic rings. The molecule has 0 aliphatic carbocycles. The third-order valence-corrected chi connectivity index (χ3v) is 3.28. The van der Waals surface area contributed by atoms with Crippen molar-refractivity contribution < 1.29 is 13.7 Å². The Bertz CT molecular complexity index is 823. The molecular weight excluding hydrogens is 313 g/mol. The van der Waals surface area contributed by atoms with Crippen molar-refractivity contribution in [3.05, 3.63) is 48.2 Å². The van der Waals surface area contributed by atoms with Gasteiger partial charge in [-0.15, -0.1) is 0 Å². The fraction of sp³-hybridized carbons (Fsp3) is 0.188. The molecule has 0 aliphatic heterocycles. The second kappa shape index (κ2) is 6.95. The lowest BCUT2D eigenvalue weighted by atomic mass is 10.1. The number of nitrogens with zero attached hydrogens (tertiary/aromatic N) is 3. The monoisotopic (exact) mass is 329 g/mol. The number of nitrogens with two attached hydrogens (primary N) is 1. The van der Waals surface area contributed by atoms with Gasteiger partial charge >= 0.3 is 0 Å². The molecular formula is C16H16FN5O2. The number of halogens is 1. The van der Waals surface area contributed by atoms with Crippen molar-refractivity contribution in [2.75, 3.05) is 17.7 Å². The fourth-order valence-electron chi connectivity index (χ4n) is 2.22. The number of benzene rings is 1. The van der Waals surface area contributed by atoms with Crippen LogP contribution < -0.4 is 15.8 Å². The number of hydrogen-bond donors (Lipinski definition) is 2. The van der Waals surface area contributed by atoms with Crippen molar-refractivity contribution in [1.82, 2.24) is 15.1 Å². The van der Waals surface area contributed by atoms with Crippen molar-refractivity contribution in [1.29, 1.82) is 0 Å². The van der Waals surface area contributed by atoms with E-state index in [1.807, 2.05) is 6.92 Å². The quantitative estimate of drug-likeness (QED) is 0.717. The van der Waals surface area contributed by atoms with E-state index in [1.165, 1.54) is 18.4 Å². The minimum Gasteiger partial charge on any atom is -0.493 e. The molecule has 3 N–H and O–H groups in total. The van der Waals surface area contributed by atoms with E-state index in [2.05, 4.69) is 20.4 Å². The molecule has 0 radical (unpaired) electrons. The maximum absolute atomic E-state index is 13.5. The van der Waals surface area contributed by atoms with Gasteiger partial charge in [-0.1, -0.05) is 5.16 Å². The highest BCUT2D eigenvalue weighted by molar-refractivity contribution is 5.79. The van der Waals surface area contributed by atoms with Gasteiger partial charge < -0.3 is 20.3 Å². The summed E-state index contributed by atoms with van der Waals surface area (Å²) in [7, 11) is 0. The molecule has 3 aromatic rings. The number of rotatable bonds is 6. The highest BCUT2D eigenvalue weighted by atomic mass is 19.1. The molecule has 1 aromatic carbocycles. The van der Waals surface area contributed by atoms with Crippen LogP contribution in [0.25, 0.3) is 11.1 Å². The Kier molecular flexibility index (Phi) is 4.55. The van der Waals surface area contributed by atoms with Crippen LogP contribution in [0, 0.1) is 5.82 Å². The van der Waals surface area contributed by atoms with Gasteiger partial charge in [-0.2, -0.15) is 4.98 Å². The highest BCUT2D eigenvalue weighted by Crippen LogP contribution is 2.34. The summed E-state index contributed by atoms with van der Waals surface area (Å²) in [6.45, 7) is 2.69. The first-order valence-corrected chi connectivity index (χ1v) is 7.34. The zero-order chi connectivity index (χ0) is 16.9. The van der Waals surface area contributed by atoms with E-state index < -0.39 is 0 Å². The SMILES string of the molecule is CCOc1cc(F)ccc1-c1cnc(N)nc1NCc1cnoc1. The van der Waals surface area contributed by atoms with Crippen molar-refractivity contribution in [2.24, 2.45) is 0 Å². The summed E-state index contributed by atoms with van der Waals surface area (Å²) >= 11 is 0. The van der Waals surface area contributed by atoms with Crippen LogP contribution >= 0.6 is 0 Å². The Balaban J connectivity index is 1.98. The molecule has 8 heteroatoms. The molecule has 0 atom stereocenters. The van der Waals surface area contributed by atoms with Crippen molar-refractivity contribution in [3.8, 4) is 16.9 Å². The zero-order valence-corrected chi connectivity index (χ0v) is 13.0. The lowest BCUT2D eigenvalue weighted by molar-refractivity contribution is 0.339. The van der Waals surface area contributed by atoms with Gasteiger partial charge in [-0.25, -0.2) is 9.37 Å². The Morgan fingerprint density at radius 1 is 1.29 bits per heavy atom. The predicted molar refractivity (Wildman–Crippen MR) is 86.8 cm³/mol. The topological polar surface area (TPSA) is 99.1 Å². The molecule has 0 saturated heterocycles. The molecule has 124 valence electrons. The summed E-state index contributed by atoms with van der Waals surface area (Å²) in [5.41, 5.74) is 7.87. The summed E-state index contributed by atoms with van der Waals surface area (Å²) < 4.78 is 23.8. The van der Waals surface area contributed by atoms with Crippen LogP contribution in [0.2, 0.25) is 0 Å². The van der Waals surface area contributed by atoms with Crippen molar-refractivity contribution in [3.63, 3.8) is 0 Å². The van der Waals surface area contributed by atoms with E-state index in [-0.39, 0.29) is 11.8 Å². The summed E-state index contributed by atoms with van der Waals surface area (Å²) in [6.07, 6.45) is 4.70. The van der Waals surface area contributed by atoms with Crippen LogP contribution in [-0.4, -0.2) is 21.7 Å². The first kappa shape index (κ1) is 15.7. The molecule has 2 heterocycles. The standard InChI is InChI=1S/C16H16FN5O2/c1-2-23-14-5-11(17)3-4-12(14)13-8-20-16(18)22-15(13)19-6-10-7-21-24-9-10/h3-5,7-9H,2,6H2,1H3,(H3,18,19,20,22). The average molecular weight is 329 g/mol. The van der Waals surface area contributed by atoms with Gasteiger partial charge in [0, 0.05) is 35.5 Å². The molecule has 0 fully saturated rings. The molecule has 0 saturated carbocycles. The summed E-state index contributed by atoms with van der Waals surface area (Å²) in [5, 5.41) is 6.81. The zero-order valence-electron chi connectivity index (χ0n) is 13.0. The molecule has 0 bridgehead atoms. The van der Waals surface area contributed by atoms with E-state index in [1.54, 1.807) is 18.5 Å². The average Bonchev–Trinajstić information content (AvgIpc) is 3.08. The number of nitrogens with one attached hydrogen (secondary N) is 1. The van der Waals surface area contributed by atoms with Crippen LogP contribution in [0.4, 0.5) is 16.2 Å². The third-order valence-electron chi connectivity index (χ3n) is 3.28. The van der Waals surface area contributed by atoms with Gasteiger partial charge in [0.25, 0.3) is 0 Å². The van der Waals surface area contributed by atoms with E-state index in [9.17, 15) is 4.39 Å². The Morgan fingerprint density at radius 2 is 2.17 bits per heavy atom. The molecule has 0 amide bonds. The first-order valence-electron chi connectivity index (χ1n) is 7.34. The van der Waals surface area contributed by atoms with Gasteiger partial charge in [0.2, 0.25) is 5.95 Å². The molecule has 0 spiro atoms. The molecule has 24 heavy (non-hydrogen) atoms. The Labute approximate surface area is 137 Å². The van der Waals surface area contributed by atoms with E-state index in [0.717, 1.165) is 5.56 Å². The Morgan fingerprint density at radius 3 is 2.92 bits per heavy atom. The van der Waals surface area contributed by atoms with Crippen LogP contribution in [-0.2, 0) is 6.54 Å². The minimum absolute atomic E-state index is 0.131. The predicted octanol–water partition coefficient (Wildman–Crippen LogP) is 2.86. The number of anilines is 2. The van der Waals surface area contributed by atoms with E-state index in [0.29, 0.717) is 35.8 Å². The first-order chi connectivity index (χ1) is 11.7. The summed E-state index contributed by atoms with van der Waals surface area (Å²) in [4.78, 5) is 8.26. The van der Waals surface area contributed by atoms with Crippen molar-refractivity contribution >= 4 is 11.8 Å². The largest absolute Gasteiger partial charge is 0.493 e. The number of hydrogen-bond acceptors (Lipinski definition) is 7. The lowest BCUT2D eigenvalue weighted by Gasteiger charge is -2.14. The highest BCUT2D eigenvalue weighted by Gasteiger charge is 2.14. The van der Waals surface area contributed by atoms with Gasteiger partial charge in [-0.05, 0) is 19.1 Å². The fourth-order valence-corrected chi connectivity index (χ4v) is 2.22.